The van der Waals surface area contributed by atoms with E-state index in [1.165, 1.54) is 6.20 Å². The number of anilines is 1. The summed E-state index contributed by atoms with van der Waals surface area (Å²) in [5.41, 5.74) is 3.01. The fraction of sp³-hybridized carbons (Fsp3) is 0.200. The molecule has 5 nitrogen and oxygen atoms in total. The lowest BCUT2D eigenvalue weighted by Crippen LogP contribution is -2.11. The molecule has 2 aromatic rings. The molecule has 0 bridgehead atoms. The Labute approximate surface area is 117 Å². The summed E-state index contributed by atoms with van der Waals surface area (Å²) in [7, 11) is 0. The van der Waals surface area contributed by atoms with E-state index in [0.29, 0.717) is 12.0 Å². The van der Waals surface area contributed by atoms with Crippen LogP contribution in [0.4, 0.5) is 5.69 Å². The highest BCUT2D eigenvalue weighted by Gasteiger charge is 2.08. The number of rotatable bonds is 3. The molecule has 0 atom stereocenters. The van der Waals surface area contributed by atoms with Crippen molar-refractivity contribution in [1.82, 2.24) is 10.2 Å². The van der Waals surface area contributed by atoms with Gasteiger partial charge in [-0.3, -0.25) is 9.89 Å². The number of aliphatic hydroxyl groups is 1. The van der Waals surface area contributed by atoms with Crippen LogP contribution in [0.5, 0.6) is 0 Å². The summed E-state index contributed by atoms with van der Waals surface area (Å²) in [6, 6.07) is 5.55. The van der Waals surface area contributed by atoms with Crippen molar-refractivity contribution in [3.8, 4) is 11.8 Å². The van der Waals surface area contributed by atoms with Gasteiger partial charge in [-0.15, -0.1) is 0 Å². The maximum absolute atomic E-state index is 11.9. The van der Waals surface area contributed by atoms with Gasteiger partial charge in [0.1, 0.15) is 0 Å². The Morgan fingerprint density at radius 2 is 2.35 bits per heavy atom. The topological polar surface area (TPSA) is 78.0 Å². The second kappa shape index (κ2) is 6.55. The summed E-state index contributed by atoms with van der Waals surface area (Å²) in [6.07, 6.45) is 3.47. The number of aromatic amines is 1. The van der Waals surface area contributed by atoms with Crippen molar-refractivity contribution < 1.29 is 9.90 Å². The Balaban J connectivity index is 2.11. The quantitative estimate of drug-likeness (QED) is 0.742. The normalized spacial score (nSPS) is 9.70. The first-order chi connectivity index (χ1) is 9.70. The number of amides is 1. The Bertz CT molecular complexity index is 651. The molecule has 1 aromatic heterocycles. The molecule has 1 aromatic carbocycles. The van der Waals surface area contributed by atoms with Crippen LogP contribution in [-0.4, -0.2) is 27.8 Å². The molecule has 0 fully saturated rings. The van der Waals surface area contributed by atoms with Gasteiger partial charge in [-0.25, -0.2) is 0 Å². The predicted molar refractivity (Wildman–Crippen MR) is 76.3 cm³/mol. The average Bonchev–Trinajstić information content (AvgIpc) is 2.96. The lowest BCUT2D eigenvalue weighted by molar-refractivity contribution is 0.102. The summed E-state index contributed by atoms with van der Waals surface area (Å²) in [5, 5.41) is 17.8. The van der Waals surface area contributed by atoms with E-state index in [2.05, 4.69) is 27.4 Å². The van der Waals surface area contributed by atoms with Crippen LogP contribution in [0, 0.1) is 18.8 Å². The van der Waals surface area contributed by atoms with Gasteiger partial charge in [-0.2, -0.15) is 5.10 Å². The molecule has 102 valence electrons. The fourth-order valence-corrected chi connectivity index (χ4v) is 1.67. The Hall–Kier alpha value is -2.58. The molecule has 3 N–H and O–H groups in total. The molecule has 5 heteroatoms. The van der Waals surface area contributed by atoms with Crippen LogP contribution in [0.25, 0.3) is 0 Å². The van der Waals surface area contributed by atoms with Crippen LogP contribution in [0.15, 0.2) is 30.6 Å². The zero-order valence-electron chi connectivity index (χ0n) is 11.1. The van der Waals surface area contributed by atoms with Crippen LogP contribution in [0.3, 0.4) is 0 Å². The molecule has 0 saturated heterocycles. The maximum atomic E-state index is 11.9. The minimum atomic E-state index is -0.207. The first-order valence-corrected chi connectivity index (χ1v) is 6.21. The molecule has 0 aliphatic carbocycles. The fourth-order valence-electron chi connectivity index (χ4n) is 1.67. The van der Waals surface area contributed by atoms with Crippen LogP contribution in [0.1, 0.15) is 27.9 Å². The summed E-state index contributed by atoms with van der Waals surface area (Å²) in [4.78, 5) is 11.9. The van der Waals surface area contributed by atoms with Crippen molar-refractivity contribution in [2.75, 3.05) is 11.9 Å². The van der Waals surface area contributed by atoms with Crippen molar-refractivity contribution in [2.24, 2.45) is 0 Å². The molecule has 0 aliphatic rings. The van der Waals surface area contributed by atoms with Gasteiger partial charge in [0.05, 0.1) is 18.4 Å². The molecule has 0 aliphatic heterocycles. The number of hydrogen-bond donors (Lipinski definition) is 3. The zero-order chi connectivity index (χ0) is 14.4. The minimum absolute atomic E-state index is 0.0603. The molecule has 0 spiro atoms. The summed E-state index contributed by atoms with van der Waals surface area (Å²) < 4.78 is 0. The van der Waals surface area contributed by atoms with Crippen molar-refractivity contribution in [1.29, 1.82) is 0 Å². The van der Waals surface area contributed by atoms with Crippen LogP contribution in [0.2, 0.25) is 0 Å². The van der Waals surface area contributed by atoms with E-state index in [0.717, 1.165) is 16.8 Å². The third-order valence-electron chi connectivity index (χ3n) is 2.70. The highest BCUT2D eigenvalue weighted by atomic mass is 16.2. The molecular weight excluding hydrogens is 254 g/mol. The number of aromatic nitrogens is 2. The van der Waals surface area contributed by atoms with Gasteiger partial charge < -0.3 is 10.4 Å². The standard InChI is InChI=1S/C15H15N3O2/c1-11-8-12(4-2-3-7-19)5-6-14(11)18-15(20)13-9-16-17-10-13/h5-6,8-10,19H,3,7H2,1H3,(H,16,17)(H,18,20). The third-order valence-corrected chi connectivity index (χ3v) is 2.70. The number of carbonyl (C=O) groups is 1. The van der Waals surface area contributed by atoms with Gasteiger partial charge in [0, 0.05) is 23.9 Å². The van der Waals surface area contributed by atoms with E-state index < -0.39 is 0 Å². The monoisotopic (exact) mass is 269 g/mol. The third kappa shape index (κ3) is 3.46. The molecule has 0 unspecified atom stereocenters. The van der Waals surface area contributed by atoms with E-state index in [4.69, 9.17) is 5.11 Å². The van der Waals surface area contributed by atoms with E-state index in [-0.39, 0.29) is 12.5 Å². The van der Waals surface area contributed by atoms with Gasteiger partial charge in [-0.1, -0.05) is 11.8 Å². The summed E-state index contributed by atoms with van der Waals surface area (Å²) >= 11 is 0. The Morgan fingerprint density at radius 3 is 3.00 bits per heavy atom. The van der Waals surface area contributed by atoms with E-state index >= 15 is 0 Å². The molecule has 1 heterocycles. The van der Waals surface area contributed by atoms with Crippen molar-refractivity contribution in [3.63, 3.8) is 0 Å². The van der Waals surface area contributed by atoms with Crippen molar-refractivity contribution in [2.45, 2.75) is 13.3 Å². The number of aryl methyl sites for hydroxylation is 1. The SMILES string of the molecule is Cc1cc(C#CCCO)ccc1NC(=O)c1cn[nH]c1. The number of H-pyrrole nitrogens is 1. The molecule has 1 amide bonds. The molecular formula is C15H15N3O2. The Morgan fingerprint density at radius 1 is 1.50 bits per heavy atom. The number of aliphatic hydroxyl groups excluding tert-OH is 1. The molecule has 0 saturated carbocycles. The van der Waals surface area contributed by atoms with Gasteiger partial charge >= 0.3 is 0 Å². The molecule has 20 heavy (non-hydrogen) atoms. The van der Waals surface area contributed by atoms with Gasteiger partial charge in [-0.05, 0) is 30.7 Å². The molecule has 2 rings (SSSR count). The Kier molecular flexibility index (Phi) is 4.53. The smallest absolute Gasteiger partial charge is 0.258 e. The number of carbonyl (C=O) groups excluding carboxylic acids is 1. The lowest BCUT2D eigenvalue weighted by atomic mass is 10.1. The number of nitrogens with one attached hydrogen (secondary N) is 2. The van der Waals surface area contributed by atoms with Crippen LogP contribution >= 0.6 is 0 Å². The highest BCUT2D eigenvalue weighted by Crippen LogP contribution is 2.17. The summed E-state index contributed by atoms with van der Waals surface area (Å²) in [5.74, 6) is 5.61. The van der Waals surface area contributed by atoms with Crippen molar-refractivity contribution >= 4 is 11.6 Å². The van der Waals surface area contributed by atoms with Crippen LogP contribution < -0.4 is 5.32 Å². The van der Waals surface area contributed by atoms with Gasteiger partial charge in [0.15, 0.2) is 0 Å². The predicted octanol–water partition coefficient (Wildman–Crippen LogP) is 1.70. The molecule has 0 radical (unpaired) electrons. The van der Waals surface area contributed by atoms with Gasteiger partial charge in [0.2, 0.25) is 0 Å². The van der Waals surface area contributed by atoms with E-state index in [1.54, 1.807) is 6.20 Å². The lowest BCUT2D eigenvalue weighted by Gasteiger charge is -2.07. The van der Waals surface area contributed by atoms with E-state index in [1.807, 2.05) is 25.1 Å². The van der Waals surface area contributed by atoms with E-state index in [9.17, 15) is 4.79 Å². The number of nitrogens with zero attached hydrogens (tertiary/aromatic N) is 1. The second-order valence-corrected chi connectivity index (χ2v) is 4.25. The first kappa shape index (κ1) is 13.8. The van der Waals surface area contributed by atoms with Crippen LogP contribution in [-0.2, 0) is 0 Å². The highest BCUT2D eigenvalue weighted by molar-refractivity contribution is 6.04. The maximum Gasteiger partial charge on any atom is 0.258 e. The number of hydrogen-bond acceptors (Lipinski definition) is 3. The van der Waals surface area contributed by atoms with Crippen molar-refractivity contribution in [3.05, 3.63) is 47.3 Å². The number of benzene rings is 1. The first-order valence-electron chi connectivity index (χ1n) is 6.21. The minimum Gasteiger partial charge on any atom is -0.395 e. The zero-order valence-corrected chi connectivity index (χ0v) is 11.1. The van der Waals surface area contributed by atoms with Gasteiger partial charge in [0.25, 0.3) is 5.91 Å². The summed E-state index contributed by atoms with van der Waals surface area (Å²) in [6.45, 7) is 1.97. The largest absolute Gasteiger partial charge is 0.395 e. The second-order valence-electron chi connectivity index (χ2n) is 4.25. The average molecular weight is 269 g/mol.